The van der Waals surface area contributed by atoms with E-state index in [-0.39, 0.29) is 17.9 Å². The Labute approximate surface area is 231 Å². The second kappa shape index (κ2) is 10.0. The van der Waals surface area contributed by atoms with E-state index in [2.05, 4.69) is 29.7 Å². The van der Waals surface area contributed by atoms with Crippen molar-refractivity contribution in [3.63, 3.8) is 0 Å². The Morgan fingerprint density at radius 1 is 1.00 bits per heavy atom. The zero-order chi connectivity index (χ0) is 28.1. The van der Waals surface area contributed by atoms with Crippen molar-refractivity contribution in [3.05, 3.63) is 53.1 Å². The lowest BCUT2D eigenvalue weighted by molar-refractivity contribution is -0.153. The van der Waals surface area contributed by atoms with Gasteiger partial charge in [-0.15, -0.1) is 0 Å². The largest absolute Gasteiger partial charge is 0.497 e. The lowest BCUT2D eigenvalue weighted by Gasteiger charge is -2.32. The molecule has 0 bridgehead atoms. The molecule has 39 heavy (non-hydrogen) atoms. The average Bonchev–Trinajstić information content (AvgIpc) is 3.19. The number of carbonyl (C=O) groups excluding carboxylic acids is 2. The van der Waals surface area contributed by atoms with Gasteiger partial charge in [0, 0.05) is 23.0 Å². The number of hydrogen-bond donors (Lipinski definition) is 0. The molecule has 2 aliphatic rings. The number of carbonyl (C=O) groups is 2. The highest BCUT2D eigenvalue weighted by Gasteiger charge is 2.46. The van der Waals surface area contributed by atoms with Crippen molar-refractivity contribution in [2.24, 2.45) is 5.41 Å². The first-order valence-electron chi connectivity index (χ1n) is 14.1. The molecule has 1 saturated carbocycles. The number of fused-ring (bicyclic) bond motifs is 5. The van der Waals surface area contributed by atoms with Gasteiger partial charge in [0.15, 0.2) is 0 Å². The molecule has 1 aliphatic heterocycles. The van der Waals surface area contributed by atoms with Crippen molar-refractivity contribution in [2.75, 3.05) is 14.2 Å². The molecule has 0 N–H and O–H groups in total. The van der Waals surface area contributed by atoms with Gasteiger partial charge in [-0.2, -0.15) is 0 Å². The zero-order valence-corrected chi connectivity index (χ0v) is 24.3. The van der Waals surface area contributed by atoms with Crippen molar-refractivity contribution < 1.29 is 23.8 Å². The zero-order valence-electron chi connectivity index (χ0n) is 24.3. The van der Waals surface area contributed by atoms with Crippen LogP contribution < -0.4 is 4.74 Å². The predicted octanol–water partition coefficient (Wildman–Crippen LogP) is 7.62. The van der Waals surface area contributed by atoms with E-state index < -0.39 is 11.0 Å². The van der Waals surface area contributed by atoms with Crippen LogP contribution in [0.1, 0.15) is 100 Å². The number of ether oxygens (including phenoxy) is 3. The molecule has 1 aromatic heterocycles. The minimum atomic E-state index is -0.835. The molecule has 0 saturated heterocycles. The predicted molar refractivity (Wildman–Crippen MR) is 153 cm³/mol. The summed E-state index contributed by atoms with van der Waals surface area (Å²) < 4.78 is 19.0. The van der Waals surface area contributed by atoms with Crippen molar-refractivity contribution >= 4 is 22.8 Å². The second-order valence-corrected chi connectivity index (χ2v) is 12.5. The van der Waals surface area contributed by atoms with Crippen LogP contribution in [0, 0.1) is 5.41 Å². The van der Waals surface area contributed by atoms with Gasteiger partial charge in [0.05, 0.1) is 30.9 Å². The summed E-state index contributed by atoms with van der Waals surface area (Å²) in [6.07, 6.45) is 5.94. The van der Waals surface area contributed by atoms with Gasteiger partial charge in [-0.1, -0.05) is 32.3 Å². The Kier molecular flexibility index (Phi) is 7.02. The van der Waals surface area contributed by atoms with Gasteiger partial charge in [0.2, 0.25) is 0 Å². The van der Waals surface area contributed by atoms with Crippen molar-refractivity contribution in [1.29, 1.82) is 0 Å². The Morgan fingerprint density at radius 2 is 1.72 bits per heavy atom. The number of esters is 2. The van der Waals surface area contributed by atoms with Gasteiger partial charge >= 0.3 is 11.9 Å². The number of hydrogen-bond acceptors (Lipinski definition) is 5. The van der Waals surface area contributed by atoms with Crippen LogP contribution in [0.4, 0.5) is 0 Å². The normalized spacial score (nSPS) is 21.6. The lowest BCUT2D eigenvalue weighted by Crippen LogP contribution is -2.37. The molecule has 2 aromatic carbocycles. The lowest BCUT2D eigenvalue weighted by atomic mass is 9.73. The van der Waals surface area contributed by atoms with E-state index in [1.807, 2.05) is 45.9 Å². The monoisotopic (exact) mass is 531 g/mol. The van der Waals surface area contributed by atoms with Crippen molar-refractivity contribution in [2.45, 2.75) is 90.7 Å². The van der Waals surface area contributed by atoms with Crippen LogP contribution in [0.3, 0.4) is 0 Å². The maximum atomic E-state index is 13.5. The first-order valence-corrected chi connectivity index (χ1v) is 14.1. The Morgan fingerprint density at radius 3 is 2.36 bits per heavy atom. The summed E-state index contributed by atoms with van der Waals surface area (Å²) in [7, 11) is 3.13. The molecule has 2 atom stereocenters. The highest BCUT2D eigenvalue weighted by molar-refractivity contribution is 5.99. The SMILES string of the molecule is COC(=O)C1(C)Cn2c(c(C3CCCCC3)c3ccc(C(=O)OC(C)(C)C)cc32)-c2ccc(OC)cc2C1C. The Balaban J connectivity index is 1.84. The highest BCUT2D eigenvalue weighted by atomic mass is 16.6. The summed E-state index contributed by atoms with van der Waals surface area (Å²) in [5.41, 5.74) is 4.72. The van der Waals surface area contributed by atoms with E-state index >= 15 is 0 Å². The van der Waals surface area contributed by atoms with Crippen LogP contribution in [0.2, 0.25) is 0 Å². The number of nitrogens with zero attached hydrogens (tertiary/aromatic N) is 1. The van der Waals surface area contributed by atoms with Gasteiger partial charge in [-0.05, 0) is 93.8 Å². The third-order valence-electron chi connectivity index (χ3n) is 8.83. The molecule has 6 nitrogen and oxygen atoms in total. The third kappa shape index (κ3) is 4.72. The first kappa shape index (κ1) is 27.3. The number of aromatic nitrogens is 1. The Hall–Kier alpha value is -3.28. The molecule has 3 aromatic rings. The molecule has 2 heterocycles. The Bertz CT molecular complexity index is 1420. The topological polar surface area (TPSA) is 66.8 Å². The van der Waals surface area contributed by atoms with Gasteiger partial charge in [0.1, 0.15) is 11.4 Å². The van der Waals surface area contributed by atoms with Crippen LogP contribution in [0.5, 0.6) is 5.75 Å². The summed E-state index contributed by atoms with van der Waals surface area (Å²) >= 11 is 0. The van der Waals surface area contributed by atoms with E-state index in [1.54, 1.807) is 7.11 Å². The first-order chi connectivity index (χ1) is 18.5. The summed E-state index contributed by atoms with van der Waals surface area (Å²) in [4.78, 5) is 26.6. The molecule has 208 valence electrons. The molecule has 0 radical (unpaired) electrons. The van der Waals surface area contributed by atoms with E-state index in [0.717, 1.165) is 46.3 Å². The summed E-state index contributed by atoms with van der Waals surface area (Å²) in [6, 6.07) is 12.1. The number of benzene rings is 2. The van der Waals surface area contributed by atoms with E-state index in [1.165, 1.54) is 31.9 Å². The minimum absolute atomic E-state index is 0.127. The fourth-order valence-corrected chi connectivity index (χ4v) is 6.62. The molecular weight excluding hydrogens is 490 g/mol. The van der Waals surface area contributed by atoms with Gasteiger partial charge < -0.3 is 18.8 Å². The fourth-order valence-electron chi connectivity index (χ4n) is 6.62. The smallest absolute Gasteiger partial charge is 0.338 e. The molecule has 5 rings (SSSR count). The van der Waals surface area contributed by atoms with Crippen LogP contribution in [-0.4, -0.2) is 36.3 Å². The maximum Gasteiger partial charge on any atom is 0.338 e. The fraction of sp³-hybridized carbons (Fsp3) is 0.515. The summed E-state index contributed by atoms with van der Waals surface area (Å²) in [6.45, 7) is 10.2. The average molecular weight is 532 g/mol. The van der Waals surface area contributed by atoms with Crippen LogP contribution in [0.15, 0.2) is 36.4 Å². The van der Waals surface area contributed by atoms with E-state index in [9.17, 15) is 9.59 Å². The maximum absolute atomic E-state index is 13.5. The molecule has 2 unspecified atom stereocenters. The van der Waals surface area contributed by atoms with Crippen LogP contribution in [0.25, 0.3) is 22.2 Å². The minimum Gasteiger partial charge on any atom is -0.497 e. The van der Waals surface area contributed by atoms with Gasteiger partial charge in [-0.25, -0.2) is 4.79 Å². The standard InChI is InChI=1S/C33H41NO5/c1-20-26-18-23(37-6)14-16-24(26)29-28(21-11-9-8-10-12-21)25-15-13-22(30(35)39-32(2,3)4)17-27(25)34(29)19-33(20,5)31(36)38-7/h13-18,20-21H,8-12,19H2,1-7H3. The molecule has 0 spiro atoms. The van der Waals surface area contributed by atoms with Gasteiger partial charge in [0.25, 0.3) is 0 Å². The molecule has 0 amide bonds. The molecular formula is C33H41NO5. The number of rotatable bonds is 4. The summed E-state index contributed by atoms with van der Waals surface area (Å²) in [5.74, 6) is 0.461. The highest BCUT2D eigenvalue weighted by Crippen LogP contribution is 2.52. The van der Waals surface area contributed by atoms with Crippen molar-refractivity contribution in [1.82, 2.24) is 4.57 Å². The molecule has 6 heteroatoms. The molecule has 1 fully saturated rings. The summed E-state index contributed by atoms with van der Waals surface area (Å²) in [5, 5.41) is 1.15. The quantitative estimate of drug-likeness (QED) is 0.324. The number of methoxy groups -OCH3 is 2. The second-order valence-electron chi connectivity index (χ2n) is 12.5. The third-order valence-corrected chi connectivity index (χ3v) is 8.83. The van der Waals surface area contributed by atoms with Gasteiger partial charge in [-0.3, -0.25) is 4.79 Å². The van der Waals surface area contributed by atoms with E-state index in [0.29, 0.717) is 18.0 Å². The van der Waals surface area contributed by atoms with Crippen molar-refractivity contribution in [3.8, 4) is 17.0 Å². The van der Waals surface area contributed by atoms with Crippen LogP contribution >= 0.6 is 0 Å². The van der Waals surface area contributed by atoms with E-state index in [4.69, 9.17) is 14.2 Å². The van der Waals surface area contributed by atoms with Crippen LogP contribution in [-0.2, 0) is 20.8 Å². The molecule has 1 aliphatic carbocycles.